The maximum atomic E-state index is 12.2. The van der Waals surface area contributed by atoms with Crippen molar-refractivity contribution in [3.8, 4) is 11.5 Å². The highest BCUT2D eigenvalue weighted by Crippen LogP contribution is 2.25. The van der Waals surface area contributed by atoms with Crippen molar-refractivity contribution in [2.75, 3.05) is 14.2 Å². The molecule has 0 N–H and O–H groups in total. The minimum Gasteiger partial charge on any atom is -0.497 e. The summed E-state index contributed by atoms with van der Waals surface area (Å²) >= 11 is 5.82. The summed E-state index contributed by atoms with van der Waals surface area (Å²) in [5.41, 5.74) is 1.39. The summed E-state index contributed by atoms with van der Waals surface area (Å²) in [7, 11) is 3.09. The van der Waals surface area contributed by atoms with Crippen LogP contribution in [0.3, 0.4) is 0 Å². The van der Waals surface area contributed by atoms with Gasteiger partial charge in [0.25, 0.3) is 0 Å². The van der Waals surface area contributed by atoms with E-state index in [1.165, 1.54) is 13.2 Å². The number of carbonyl (C=O) groups excluding carboxylic acids is 1. The molecular weight excluding hydrogens is 288 g/mol. The molecule has 0 saturated carbocycles. The molecule has 0 bridgehead atoms. The second-order valence-electron chi connectivity index (χ2n) is 4.32. The van der Waals surface area contributed by atoms with Crippen molar-refractivity contribution in [1.82, 2.24) is 0 Å². The molecule has 0 saturated heterocycles. The molecular formula is C17H15ClO3. The number of benzene rings is 2. The molecule has 0 fully saturated rings. The highest BCUT2D eigenvalue weighted by atomic mass is 35.5. The molecule has 0 spiro atoms. The molecule has 0 aliphatic rings. The Labute approximate surface area is 128 Å². The van der Waals surface area contributed by atoms with E-state index < -0.39 is 0 Å². The number of rotatable bonds is 5. The molecule has 2 rings (SSSR count). The van der Waals surface area contributed by atoms with Crippen molar-refractivity contribution >= 4 is 23.5 Å². The minimum absolute atomic E-state index is 0.135. The van der Waals surface area contributed by atoms with E-state index in [1.54, 1.807) is 43.5 Å². The van der Waals surface area contributed by atoms with Gasteiger partial charge in [0.15, 0.2) is 5.78 Å². The van der Waals surface area contributed by atoms with Gasteiger partial charge in [0.2, 0.25) is 0 Å². The first-order valence-electron chi connectivity index (χ1n) is 6.34. The van der Waals surface area contributed by atoms with Crippen molar-refractivity contribution in [1.29, 1.82) is 0 Å². The van der Waals surface area contributed by atoms with E-state index >= 15 is 0 Å². The smallest absolute Gasteiger partial charge is 0.189 e. The molecule has 21 heavy (non-hydrogen) atoms. The van der Waals surface area contributed by atoms with E-state index in [0.29, 0.717) is 22.1 Å². The molecule has 0 unspecified atom stereocenters. The average Bonchev–Trinajstić information content (AvgIpc) is 2.53. The highest BCUT2D eigenvalue weighted by Gasteiger charge is 2.10. The zero-order chi connectivity index (χ0) is 15.2. The second-order valence-corrected chi connectivity index (χ2v) is 4.75. The Morgan fingerprint density at radius 2 is 1.76 bits per heavy atom. The maximum absolute atomic E-state index is 12.2. The fourth-order valence-electron chi connectivity index (χ4n) is 1.84. The predicted octanol–water partition coefficient (Wildman–Crippen LogP) is 4.25. The van der Waals surface area contributed by atoms with E-state index in [0.717, 1.165) is 5.56 Å². The molecule has 0 aliphatic heterocycles. The monoisotopic (exact) mass is 302 g/mol. The largest absolute Gasteiger partial charge is 0.497 e. The molecule has 2 aromatic carbocycles. The molecule has 108 valence electrons. The quantitative estimate of drug-likeness (QED) is 0.612. The zero-order valence-electron chi connectivity index (χ0n) is 11.8. The average molecular weight is 303 g/mol. The van der Waals surface area contributed by atoms with E-state index in [-0.39, 0.29) is 5.78 Å². The lowest BCUT2D eigenvalue weighted by Gasteiger charge is -2.07. The molecule has 3 nitrogen and oxygen atoms in total. The van der Waals surface area contributed by atoms with E-state index in [1.807, 2.05) is 12.1 Å². The van der Waals surface area contributed by atoms with Crippen molar-refractivity contribution in [2.24, 2.45) is 0 Å². The Morgan fingerprint density at radius 1 is 1.05 bits per heavy atom. The molecule has 2 aromatic rings. The van der Waals surface area contributed by atoms with Gasteiger partial charge in [-0.3, -0.25) is 4.79 Å². The topological polar surface area (TPSA) is 35.5 Å². The van der Waals surface area contributed by atoms with Crippen molar-refractivity contribution in [3.05, 3.63) is 64.7 Å². The third kappa shape index (κ3) is 3.86. The minimum atomic E-state index is -0.135. The van der Waals surface area contributed by atoms with Gasteiger partial charge in [-0.15, -0.1) is 0 Å². The SMILES string of the molecule is COc1ccc(C(=O)/C=C/c2ccc(Cl)cc2)c(OC)c1. The maximum Gasteiger partial charge on any atom is 0.189 e. The van der Waals surface area contributed by atoms with Gasteiger partial charge in [-0.2, -0.15) is 0 Å². The summed E-state index contributed by atoms with van der Waals surface area (Å²) in [5.74, 6) is 0.995. The third-order valence-corrected chi connectivity index (χ3v) is 3.22. The number of ether oxygens (including phenoxy) is 2. The highest BCUT2D eigenvalue weighted by molar-refractivity contribution is 6.30. The van der Waals surface area contributed by atoms with Gasteiger partial charge in [0.05, 0.1) is 19.8 Å². The second kappa shape index (κ2) is 6.95. The van der Waals surface area contributed by atoms with Crippen LogP contribution in [0.5, 0.6) is 11.5 Å². The molecule has 0 amide bonds. The van der Waals surface area contributed by atoms with Crippen LogP contribution in [0, 0.1) is 0 Å². The standard InChI is InChI=1S/C17H15ClO3/c1-20-14-8-9-15(17(11-14)21-2)16(19)10-5-12-3-6-13(18)7-4-12/h3-11H,1-2H3/b10-5+. The van der Waals surface area contributed by atoms with Gasteiger partial charge in [0, 0.05) is 11.1 Å². The molecule has 0 aliphatic carbocycles. The van der Waals surface area contributed by atoms with Crippen LogP contribution in [-0.2, 0) is 0 Å². The van der Waals surface area contributed by atoms with Crippen LogP contribution in [0.1, 0.15) is 15.9 Å². The lowest BCUT2D eigenvalue weighted by atomic mass is 10.1. The number of hydrogen-bond acceptors (Lipinski definition) is 3. The van der Waals surface area contributed by atoms with Crippen LogP contribution < -0.4 is 9.47 Å². The number of hydrogen-bond donors (Lipinski definition) is 0. The summed E-state index contributed by atoms with van der Waals surface area (Å²) in [6.45, 7) is 0. The Hall–Kier alpha value is -2.26. The van der Waals surface area contributed by atoms with Crippen LogP contribution in [0.15, 0.2) is 48.5 Å². The number of halogens is 1. The summed E-state index contributed by atoms with van der Waals surface area (Å²) in [5, 5.41) is 0.662. The number of allylic oxidation sites excluding steroid dienone is 1. The van der Waals surface area contributed by atoms with Crippen LogP contribution in [0.4, 0.5) is 0 Å². The predicted molar refractivity (Wildman–Crippen MR) is 84.4 cm³/mol. The number of methoxy groups -OCH3 is 2. The number of carbonyl (C=O) groups is 1. The fraction of sp³-hybridized carbons (Fsp3) is 0.118. The fourth-order valence-corrected chi connectivity index (χ4v) is 1.96. The summed E-state index contributed by atoms with van der Waals surface area (Å²) < 4.78 is 10.3. The Balaban J connectivity index is 2.22. The lowest BCUT2D eigenvalue weighted by Crippen LogP contribution is -1.99. The normalized spacial score (nSPS) is 10.6. The molecule has 4 heteroatoms. The van der Waals surface area contributed by atoms with Gasteiger partial charge < -0.3 is 9.47 Å². The van der Waals surface area contributed by atoms with Gasteiger partial charge in [-0.1, -0.05) is 29.8 Å². The van der Waals surface area contributed by atoms with Gasteiger partial charge in [-0.05, 0) is 35.9 Å². The van der Waals surface area contributed by atoms with Crippen LogP contribution >= 0.6 is 11.6 Å². The molecule has 0 atom stereocenters. The van der Waals surface area contributed by atoms with Crippen LogP contribution in [0.2, 0.25) is 5.02 Å². The van der Waals surface area contributed by atoms with Crippen molar-refractivity contribution in [2.45, 2.75) is 0 Å². The van der Waals surface area contributed by atoms with Crippen LogP contribution in [-0.4, -0.2) is 20.0 Å². The van der Waals surface area contributed by atoms with Gasteiger partial charge >= 0.3 is 0 Å². The first kappa shape index (κ1) is 15.1. The zero-order valence-corrected chi connectivity index (χ0v) is 12.6. The summed E-state index contributed by atoms with van der Waals surface area (Å²) in [6, 6.07) is 12.3. The lowest BCUT2D eigenvalue weighted by molar-refractivity contribution is 0.104. The van der Waals surface area contributed by atoms with Crippen molar-refractivity contribution < 1.29 is 14.3 Å². The Morgan fingerprint density at radius 3 is 2.38 bits per heavy atom. The molecule has 0 aromatic heterocycles. The molecule has 0 heterocycles. The third-order valence-electron chi connectivity index (χ3n) is 2.97. The summed E-state index contributed by atoms with van der Waals surface area (Å²) in [6.07, 6.45) is 3.25. The van der Waals surface area contributed by atoms with Crippen molar-refractivity contribution in [3.63, 3.8) is 0 Å². The van der Waals surface area contributed by atoms with E-state index in [2.05, 4.69) is 0 Å². The van der Waals surface area contributed by atoms with E-state index in [9.17, 15) is 4.79 Å². The van der Waals surface area contributed by atoms with E-state index in [4.69, 9.17) is 21.1 Å². The molecule has 0 radical (unpaired) electrons. The number of ketones is 1. The van der Waals surface area contributed by atoms with Crippen LogP contribution in [0.25, 0.3) is 6.08 Å². The Bertz CT molecular complexity index is 660. The first-order valence-corrected chi connectivity index (χ1v) is 6.72. The Kier molecular flexibility index (Phi) is 5.01. The first-order chi connectivity index (χ1) is 10.1. The van der Waals surface area contributed by atoms with Gasteiger partial charge in [0.1, 0.15) is 11.5 Å². The van der Waals surface area contributed by atoms with Gasteiger partial charge in [-0.25, -0.2) is 0 Å². The summed E-state index contributed by atoms with van der Waals surface area (Å²) in [4.78, 5) is 12.2.